The Morgan fingerprint density at radius 3 is 2.68 bits per heavy atom. The Bertz CT molecular complexity index is 871. The molecule has 0 saturated carbocycles. The zero-order valence-electron chi connectivity index (χ0n) is 14.3. The second-order valence-electron chi connectivity index (χ2n) is 7.49. The summed E-state index contributed by atoms with van der Waals surface area (Å²) < 4.78 is 0. The number of anilines is 2. The molecule has 5 heteroatoms. The highest BCUT2D eigenvalue weighted by molar-refractivity contribution is 6.30. The number of benzene rings is 1. The van der Waals surface area contributed by atoms with Crippen molar-refractivity contribution in [2.45, 2.75) is 32.7 Å². The molecular formula is C20H20ClN3O. The molecule has 2 heterocycles. The number of aromatic nitrogens is 1. The number of carbonyl (C=O) groups excluding carboxylic acids is 1. The van der Waals surface area contributed by atoms with E-state index in [2.05, 4.69) is 29.5 Å². The van der Waals surface area contributed by atoms with E-state index in [4.69, 9.17) is 11.6 Å². The molecule has 0 radical (unpaired) electrons. The quantitative estimate of drug-likeness (QED) is 0.761. The average molecular weight is 354 g/mol. The van der Waals surface area contributed by atoms with Crippen LogP contribution in [0.2, 0.25) is 5.02 Å². The van der Waals surface area contributed by atoms with Crippen molar-refractivity contribution in [2.75, 3.05) is 10.6 Å². The predicted octanol–water partition coefficient (Wildman–Crippen LogP) is 4.96. The van der Waals surface area contributed by atoms with Crippen LogP contribution in [0.3, 0.4) is 0 Å². The zero-order valence-corrected chi connectivity index (χ0v) is 15.0. The van der Waals surface area contributed by atoms with Gasteiger partial charge in [0.2, 0.25) is 0 Å². The smallest absolute Gasteiger partial charge is 0.163 e. The number of allylic oxidation sites excluding steroid dienone is 1. The van der Waals surface area contributed by atoms with Crippen molar-refractivity contribution in [3.05, 3.63) is 64.5 Å². The molecule has 1 aromatic carbocycles. The molecule has 2 N–H and O–H groups in total. The largest absolute Gasteiger partial charge is 0.357 e. The van der Waals surface area contributed by atoms with Crippen LogP contribution in [-0.2, 0) is 4.79 Å². The summed E-state index contributed by atoms with van der Waals surface area (Å²) in [6.45, 7) is 4.27. The molecule has 1 aromatic heterocycles. The van der Waals surface area contributed by atoms with Crippen LogP contribution in [0.1, 0.15) is 38.3 Å². The molecule has 0 fully saturated rings. The number of hydrogen-bond donors (Lipinski definition) is 2. The minimum atomic E-state index is -0.237. The number of fused-ring (bicyclic) bond motifs is 1. The lowest BCUT2D eigenvalue weighted by Crippen LogP contribution is -2.31. The van der Waals surface area contributed by atoms with Gasteiger partial charge in [-0.1, -0.05) is 37.6 Å². The van der Waals surface area contributed by atoms with E-state index >= 15 is 0 Å². The first-order chi connectivity index (χ1) is 11.9. The van der Waals surface area contributed by atoms with Crippen molar-refractivity contribution in [1.82, 2.24) is 4.98 Å². The molecule has 0 saturated heterocycles. The molecule has 0 amide bonds. The van der Waals surface area contributed by atoms with Crippen molar-refractivity contribution in [3.8, 4) is 0 Å². The van der Waals surface area contributed by atoms with Crippen LogP contribution in [-0.4, -0.2) is 10.8 Å². The Morgan fingerprint density at radius 2 is 1.92 bits per heavy atom. The van der Waals surface area contributed by atoms with Gasteiger partial charge in [-0.05, 0) is 41.7 Å². The molecule has 4 nitrogen and oxygen atoms in total. The fourth-order valence-electron chi connectivity index (χ4n) is 3.68. The summed E-state index contributed by atoms with van der Waals surface area (Å²) in [5.74, 6) is 0.932. The normalized spacial score (nSPS) is 21.6. The number of nitrogens with one attached hydrogen (secondary N) is 2. The number of halogens is 1. The lowest BCUT2D eigenvalue weighted by Gasteiger charge is -2.34. The summed E-state index contributed by atoms with van der Waals surface area (Å²) >= 11 is 6.04. The molecular weight excluding hydrogens is 334 g/mol. The molecule has 0 spiro atoms. The highest BCUT2D eigenvalue weighted by Gasteiger charge is 2.38. The van der Waals surface area contributed by atoms with Crippen LogP contribution >= 0.6 is 11.6 Å². The van der Waals surface area contributed by atoms with E-state index in [1.165, 1.54) is 0 Å². The molecule has 2 aliphatic rings. The highest BCUT2D eigenvalue weighted by atomic mass is 35.5. The monoisotopic (exact) mass is 353 g/mol. The van der Waals surface area contributed by atoms with Crippen LogP contribution in [0.25, 0.3) is 0 Å². The van der Waals surface area contributed by atoms with Gasteiger partial charge in [-0.15, -0.1) is 0 Å². The lowest BCUT2D eigenvalue weighted by molar-refractivity contribution is -0.118. The minimum Gasteiger partial charge on any atom is -0.357 e. The number of rotatable bonds is 1. The summed E-state index contributed by atoms with van der Waals surface area (Å²) in [7, 11) is 0. The second kappa shape index (κ2) is 5.88. The van der Waals surface area contributed by atoms with E-state index in [-0.39, 0.29) is 17.2 Å². The SMILES string of the molecule is CC1(C)CC(=O)C2=C(C1)Nc1cccnc1N[C@H]2c1ccc(Cl)cc1. The Kier molecular flexibility index (Phi) is 3.80. The number of Topliss-reactive ketones (excluding diaryl/α,β-unsaturated/α-hetero) is 1. The summed E-state index contributed by atoms with van der Waals surface area (Å²) in [4.78, 5) is 17.5. The van der Waals surface area contributed by atoms with Crippen molar-refractivity contribution in [3.63, 3.8) is 0 Å². The first-order valence-corrected chi connectivity index (χ1v) is 8.81. The summed E-state index contributed by atoms with van der Waals surface area (Å²) in [5, 5.41) is 7.60. The van der Waals surface area contributed by atoms with Gasteiger partial charge in [0.15, 0.2) is 5.78 Å². The van der Waals surface area contributed by atoms with Gasteiger partial charge >= 0.3 is 0 Å². The van der Waals surface area contributed by atoms with Crippen molar-refractivity contribution in [2.24, 2.45) is 5.41 Å². The van der Waals surface area contributed by atoms with Crippen LogP contribution in [0.5, 0.6) is 0 Å². The third kappa shape index (κ3) is 3.02. The highest BCUT2D eigenvalue weighted by Crippen LogP contribution is 2.44. The molecule has 1 aliphatic carbocycles. The van der Waals surface area contributed by atoms with Gasteiger partial charge in [0.1, 0.15) is 5.82 Å². The Hall–Kier alpha value is -2.33. The first kappa shape index (κ1) is 16.2. The number of nitrogens with zero attached hydrogens (tertiary/aromatic N) is 1. The fraction of sp³-hybridized carbons (Fsp3) is 0.300. The van der Waals surface area contributed by atoms with E-state index in [1.807, 2.05) is 36.4 Å². The number of ketones is 1. The topological polar surface area (TPSA) is 54.0 Å². The van der Waals surface area contributed by atoms with Crippen LogP contribution in [0.15, 0.2) is 53.9 Å². The van der Waals surface area contributed by atoms with Crippen molar-refractivity contribution < 1.29 is 4.79 Å². The maximum Gasteiger partial charge on any atom is 0.163 e. The third-order valence-corrected chi connectivity index (χ3v) is 5.04. The predicted molar refractivity (Wildman–Crippen MR) is 101 cm³/mol. The van der Waals surface area contributed by atoms with E-state index in [0.29, 0.717) is 11.4 Å². The van der Waals surface area contributed by atoms with Gasteiger partial charge in [-0.2, -0.15) is 0 Å². The van der Waals surface area contributed by atoms with Gasteiger partial charge in [-0.3, -0.25) is 4.79 Å². The summed E-state index contributed by atoms with van der Waals surface area (Å²) in [6.07, 6.45) is 3.12. The van der Waals surface area contributed by atoms with Crippen LogP contribution in [0.4, 0.5) is 11.5 Å². The summed E-state index contributed by atoms with van der Waals surface area (Å²) in [6, 6.07) is 11.3. The van der Waals surface area contributed by atoms with Gasteiger partial charge < -0.3 is 10.6 Å². The molecule has 1 atom stereocenters. The van der Waals surface area contributed by atoms with Gasteiger partial charge in [0, 0.05) is 28.9 Å². The molecule has 128 valence electrons. The lowest BCUT2D eigenvalue weighted by atomic mass is 9.73. The average Bonchev–Trinajstić information content (AvgIpc) is 2.70. The molecule has 0 bridgehead atoms. The summed E-state index contributed by atoms with van der Waals surface area (Å²) in [5.41, 5.74) is 3.64. The maximum atomic E-state index is 13.0. The number of hydrogen-bond acceptors (Lipinski definition) is 4. The van der Waals surface area contributed by atoms with Crippen LogP contribution in [0, 0.1) is 5.41 Å². The Morgan fingerprint density at radius 1 is 1.16 bits per heavy atom. The van der Waals surface area contributed by atoms with Gasteiger partial charge in [0.25, 0.3) is 0 Å². The number of pyridine rings is 1. The van der Waals surface area contributed by atoms with E-state index in [1.54, 1.807) is 6.20 Å². The van der Waals surface area contributed by atoms with E-state index < -0.39 is 0 Å². The number of carbonyl (C=O) groups is 1. The van der Waals surface area contributed by atoms with Crippen LogP contribution < -0.4 is 10.6 Å². The first-order valence-electron chi connectivity index (χ1n) is 8.43. The Labute approximate surface area is 152 Å². The zero-order chi connectivity index (χ0) is 17.6. The Balaban J connectivity index is 1.88. The van der Waals surface area contributed by atoms with Gasteiger partial charge in [-0.25, -0.2) is 4.98 Å². The maximum absolute atomic E-state index is 13.0. The van der Waals surface area contributed by atoms with Crippen molar-refractivity contribution >= 4 is 28.9 Å². The second-order valence-corrected chi connectivity index (χ2v) is 7.92. The van der Waals surface area contributed by atoms with Crippen molar-refractivity contribution in [1.29, 1.82) is 0 Å². The fourth-order valence-corrected chi connectivity index (χ4v) is 3.81. The minimum absolute atomic E-state index is 0.0554. The molecule has 4 rings (SSSR count). The third-order valence-electron chi connectivity index (χ3n) is 4.79. The molecule has 1 aliphatic heterocycles. The molecule has 25 heavy (non-hydrogen) atoms. The van der Waals surface area contributed by atoms with E-state index in [0.717, 1.165) is 34.8 Å². The standard InChI is InChI=1S/C20H20ClN3O/c1-20(2)10-15-17(16(25)11-20)18(12-5-7-13(21)8-6-12)24-19-14(23-15)4-3-9-22-19/h3-9,18,23H,10-11H2,1-2H3,(H,22,24)/t18-/m0/s1. The molecule has 2 aromatic rings. The molecule has 0 unspecified atom stereocenters. The van der Waals surface area contributed by atoms with Gasteiger partial charge in [0.05, 0.1) is 11.7 Å². The van der Waals surface area contributed by atoms with E-state index in [9.17, 15) is 4.79 Å².